The smallest absolute Gasteiger partial charge is 2.00 e. The first-order valence-corrected chi connectivity index (χ1v) is 0.565. The summed E-state index contributed by atoms with van der Waals surface area (Å²) >= 11 is 0. The third-order valence-corrected chi connectivity index (χ3v) is 0. The van der Waals surface area contributed by atoms with Gasteiger partial charge in [-0.05, 0) is 0 Å². The average Bonchev–Trinajstić information content (AvgIpc) is 0.811. The van der Waals surface area contributed by atoms with Crippen LogP contribution in [0.3, 0.4) is 0 Å². The molecule has 0 heterocycles. The first-order valence-electron chi connectivity index (χ1n) is 0.565. The molecular weight excluding hydrogens is 185 g/mol. The number of nitrogens with zero attached hydrogens (tertiary/aromatic N) is 1. The molecule has 6 nitrogen and oxygen atoms in total. The summed E-state index contributed by atoms with van der Waals surface area (Å²) in [5, 5.41) is 13.6. The second kappa shape index (κ2) is 16.7. The standard InChI is InChI=1S/HNO3.2O.Zr/c2-1(3)4;;;/h(H,2,3,4);;;/q;2*-2;+4. The van der Waals surface area contributed by atoms with Gasteiger partial charge in [0.2, 0.25) is 0 Å². The van der Waals surface area contributed by atoms with Crippen molar-refractivity contribution in [2.24, 2.45) is 0 Å². The molecule has 0 aromatic carbocycles. The molecule has 0 rings (SSSR count). The Morgan fingerprint density at radius 3 is 1.43 bits per heavy atom. The average molecular weight is 186 g/mol. The molecule has 7 heavy (non-hydrogen) atoms. The monoisotopic (exact) mass is 185 g/mol. The third kappa shape index (κ3) is 9900000. The molecule has 0 aliphatic heterocycles. The van der Waals surface area contributed by atoms with Crippen molar-refractivity contribution in [3.05, 3.63) is 10.1 Å². The Morgan fingerprint density at radius 1 is 1.43 bits per heavy atom. The second-order valence-corrected chi connectivity index (χ2v) is 0.238. The summed E-state index contributed by atoms with van der Waals surface area (Å²) in [6.45, 7) is 0. The van der Waals surface area contributed by atoms with Crippen LogP contribution in [0.15, 0.2) is 0 Å². The van der Waals surface area contributed by atoms with E-state index in [0.29, 0.717) is 0 Å². The van der Waals surface area contributed by atoms with Crippen molar-refractivity contribution in [1.82, 2.24) is 0 Å². The summed E-state index contributed by atoms with van der Waals surface area (Å²) < 4.78 is 0. The van der Waals surface area contributed by atoms with Gasteiger partial charge in [0.1, 0.15) is 0 Å². The summed E-state index contributed by atoms with van der Waals surface area (Å²) in [5.74, 6) is 0. The molecule has 0 saturated carbocycles. The van der Waals surface area contributed by atoms with Crippen LogP contribution in [0.5, 0.6) is 0 Å². The van der Waals surface area contributed by atoms with Crippen molar-refractivity contribution in [3.8, 4) is 0 Å². The molecule has 1 N–H and O–H groups in total. The Kier molecular flexibility index (Phi) is 66.6. The Balaban J connectivity index is -0.0000000150. The topological polar surface area (TPSA) is 120 Å². The number of hydrogen-bond donors (Lipinski definition) is 1. The zero-order valence-electron chi connectivity index (χ0n) is 3.03. The zero-order chi connectivity index (χ0) is 3.58. The van der Waals surface area contributed by atoms with E-state index in [1.54, 1.807) is 0 Å². The molecule has 0 atom stereocenters. The normalized spacial score (nSPS) is 3.43. The van der Waals surface area contributed by atoms with Gasteiger partial charge in [-0.25, -0.2) is 0 Å². The fraction of sp³-hybridized carbons (Fsp3) is 0. The quantitative estimate of drug-likeness (QED) is 0.402. The molecule has 0 fully saturated rings. The van der Waals surface area contributed by atoms with Crippen LogP contribution in [0.2, 0.25) is 0 Å². The Bertz CT molecular complexity index is 31.1. The van der Waals surface area contributed by atoms with Crippen molar-refractivity contribution < 1.29 is 47.4 Å². The molecule has 0 bridgehead atoms. The van der Waals surface area contributed by atoms with Crippen molar-refractivity contribution in [2.75, 3.05) is 0 Å². The van der Waals surface area contributed by atoms with Gasteiger partial charge in [-0.2, -0.15) is 0 Å². The van der Waals surface area contributed by atoms with Gasteiger partial charge < -0.3 is 16.2 Å². The van der Waals surface area contributed by atoms with E-state index in [1.807, 2.05) is 0 Å². The van der Waals surface area contributed by atoms with Crippen LogP contribution in [0.4, 0.5) is 0 Å². The Hall–Kier alpha value is 0.00312. The summed E-state index contributed by atoms with van der Waals surface area (Å²) in [4.78, 5) is 8.36. The van der Waals surface area contributed by atoms with E-state index < -0.39 is 5.09 Å². The second-order valence-electron chi connectivity index (χ2n) is 0.238. The van der Waals surface area contributed by atoms with Gasteiger partial charge in [-0.1, -0.05) is 0 Å². The van der Waals surface area contributed by atoms with Gasteiger partial charge in [0.25, 0.3) is 5.09 Å². The van der Waals surface area contributed by atoms with Gasteiger partial charge in [-0.3, -0.25) is 0 Å². The van der Waals surface area contributed by atoms with Crippen LogP contribution in [-0.4, -0.2) is 10.3 Å². The zero-order valence-corrected chi connectivity index (χ0v) is 5.49. The molecule has 40 valence electrons. The van der Waals surface area contributed by atoms with E-state index in [4.69, 9.17) is 15.3 Å². The van der Waals surface area contributed by atoms with Crippen LogP contribution in [0, 0.1) is 10.1 Å². The fourth-order valence-corrected chi connectivity index (χ4v) is 0. The van der Waals surface area contributed by atoms with Crippen LogP contribution in [0.1, 0.15) is 0 Å². The van der Waals surface area contributed by atoms with E-state index in [0.717, 1.165) is 0 Å². The van der Waals surface area contributed by atoms with Crippen LogP contribution in [-0.2, 0) is 37.2 Å². The first-order chi connectivity index (χ1) is 1.73. The van der Waals surface area contributed by atoms with Crippen LogP contribution < -0.4 is 0 Å². The van der Waals surface area contributed by atoms with Crippen molar-refractivity contribution in [3.63, 3.8) is 0 Å². The molecule has 0 aliphatic rings. The minimum Gasteiger partial charge on any atom is -2.00 e. The van der Waals surface area contributed by atoms with E-state index in [9.17, 15) is 0 Å². The Labute approximate surface area is 58.0 Å². The molecule has 0 saturated heterocycles. The largest absolute Gasteiger partial charge is 4.00 e. The maximum Gasteiger partial charge on any atom is 4.00 e. The Morgan fingerprint density at radius 2 is 1.43 bits per heavy atom. The maximum absolute atomic E-state index is 8.36. The predicted octanol–water partition coefficient (Wildman–Crippen LogP) is -0.588. The fourth-order valence-electron chi connectivity index (χ4n) is 0. The van der Waals surface area contributed by atoms with Crippen molar-refractivity contribution in [1.29, 1.82) is 0 Å². The van der Waals surface area contributed by atoms with E-state index >= 15 is 0 Å². The SMILES string of the molecule is O=[N+]([O-])O.[O-2].[O-2].[Zr+4]. The summed E-state index contributed by atoms with van der Waals surface area (Å²) in [7, 11) is 0. The molecule has 0 aliphatic carbocycles. The number of hydrogen-bond acceptors (Lipinski definition) is 2. The van der Waals surface area contributed by atoms with Crippen LogP contribution in [0.25, 0.3) is 0 Å². The molecular formula is HNO5Zr. The summed E-state index contributed by atoms with van der Waals surface area (Å²) in [6, 6.07) is 0. The van der Waals surface area contributed by atoms with E-state index in [-0.39, 0.29) is 37.2 Å². The minimum atomic E-state index is -1.50. The molecule has 0 radical (unpaired) electrons. The summed E-state index contributed by atoms with van der Waals surface area (Å²) in [6.07, 6.45) is 0. The molecule has 0 amide bonds. The van der Waals surface area contributed by atoms with E-state index in [1.165, 1.54) is 0 Å². The molecule has 0 aromatic rings. The predicted molar refractivity (Wildman–Crippen MR) is 10.2 cm³/mol. The van der Waals surface area contributed by atoms with Gasteiger partial charge >= 0.3 is 26.2 Å². The minimum absolute atomic E-state index is 0. The van der Waals surface area contributed by atoms with Crippen molar-refractivity contribution >= 4 is 0 Å². The molecule has 0 aromatic heterocycles. The molecule has 0 unspecified atom stereocenters. The van der Waals surface area contributed by atoms with E-state index in [2.05, 4.69) is 0 Å². The van der Waals surface area contributed by atoms with Crippen LogP contribution >= 0.6 is 0 Å². The van der Waals surface area contributed by atoms with Crippen molar-refractivity contribution in [2.45, 2.75) is 0 Å². The molecule has 0 spiro atoms. The third-order valence-electron chi connectivity index (χ3n) is 0. The number of rotatable bonds is 0. The molecule has 7 heteroatoms. The van der Waals surface area contributed by atoms with Gasteiger partial charge in [0.05, 0.1) is 0 Å². The first kappa shape index (κ1) is 28.0. The maximum atomic E-state index is 8.36. The van der Waals surface area contributed by atoms with Gasteiger partial charge in [0, 0.05) is 0 Å². The summed E-state index contributed by atoms with van der Waals surface area (Å²) in [5.41, 5.74) is 0. The van der Waals surface area contributed by atoms with Gasteiger partial charge in [0.15, 0.2) is 0 Å². The van der Waals surface area contributed by atoms with Gasteiger partial charge in [-0.15, -0.1) is 10.1 Å².